The Bertz CT molecular complexity index is 3290. The third-order valence-corrected chi connectivity index (χ3v) is 14.2. The maximum Gasteiger partial charge on any atom is 0.0546 e. The highest BCUT2D eigenvalue weighted by Crippen LogP contribution is 2.48. The zero-order valence-corrected chi connectivity index (χ0v) is 33.1. The van der Waals surface area contributed by atoms with Gasteiger partial charge in [-0.15, -0.1) is 22.7 Å². The summed E-state index contributed by atoms with van der Waals surface area (Å²) >= 11 is 3.74. The molecule has 12 rings (SSSR count). The van der Waals surface area contributed by atoms with Gasteiger partial charge in [-0.2, -0.15) is 0 Å². The van der Waals surface area contributed by atoms with E-state index in [0.29, 0.717) is 0 Å². The van der Waals surface area contributed by atoms with Gasteiger partial charge in [0.05, 0.1) is 5.69 Å². The van der Waals surface area contributed by atoms with Crippen LogP contribution >= 0.6 is 22.7 Å². The third kappa shape index (κ3) is 5.28. The largest absolute Gasteiger partial charge is 0.310 e. The first-order valence-corrected chi connectivity index (χ1v) is 21.5. The second-order valence-electron chi connectivity index (χ2n) is 15.2. The lowest BCUT2D eigenvalue weighted by atomic mass is 9.80. The molecule has 0 aliphatic carbocycles. The van der Waals surface area contributed by atoms with Gasteiger partial charge < -0.3 is 4.90 Å². The van der Waals surface area contributed by atoms with Crippen LogP contribution in [0.1, 0.15) is 22.6 Å². The number of fused-ring (bicyclic) bond motifs is 11. The summed E-state index contributed by atoms with van der Waals surface area (Å²) in [7, 11) is 0. The Morgan fingerprint density at radius 2 is 0.793 bits per heavy atom. The number of nitrogens with zero attached hydrogens (tertiary/aromatic N) is 1. The van der Waals surface area contributed by atoms with Gasteiger partial charge in [-0.3, -0.25) is 0 Å². The predicted molar refractivity (Wildman–Crippen MR) is 253 cm³/mol. The van der Waals surface area contributed by atoms with Gasteiger partial charge in [-0.1, -0.05) is 140 Å². The summed E-state index contributed by atoms with van der Waals surface area (Å²) in [5.74, 6) is 0.0324. The molecule has 0 N–H and O–H groups in total. The van der Waals surface area contributed by atoms with E-state index in [1.54, 1.807) is 0 Å². The molecule has 1 atom stereocenters. The van der Waals surface area contributed by atoms with Crippen molar-refractivity contribution in [2.24, 2.45) is 0 Å². The van der Waals surface area contributed by atoms with Crippen LogP contribution in [0.3, 0.4) is 0 Å². The molecule has 0 fully saturated rings. The fraction of sp³-hybridized carbons (Fsp3) is 0.0182. The Morgan fingerprint density at radius 1 is 0.293 bits per heavy atom. The van der Waals surface area contributed by atoms with E-state index >= 15 is 0 Å². The van der Waals surface area contributed by atoms with Crippen LogP contribution < -0.4 is 4.90 Å². The number of para-hydroxylation sites is 1. The molecule has 0 saturated carbocycles. The number of benzene rings is 10. The number of hydrogen-bond donors (Lipinski definition) is 0. The van der Waals surface area contributed by atoms with Crippen LogP contribution in [-0.4, -0.2) is 0 Å². The monoisotopic (exact) mass is 773 g/mol. The van der Waals surface area contributed by atoms with Gasteiger partial charge in [0, 0.05) is 63.0 Å². The molecule has 0 spiro atoms. The first kappa shape index (κ1) is 33.4. The molecular weight excluding hydrogens is 739 g/mol. The minimum atomic E-state index is 0.0324. The van der Waals surface area contributed by atoms with Crippen molar-refractivity contribution in [3.8, 4) is 0 Å². The Hall–Kier alpha value is -6.78. The van der Waals surface area contributed by atoms with Crippen molar-refractivity contribution in [2.75, 3.05) is 4.90 Å². The second-order valence-corrected chi connectivity index (χ2v) is 17.4. The predicted octanol–water partition coefficient (Wildman–Crippen LogP) is 16.5. The SMILES string of the molecule is c1ccc(C(c2ccc3sc4ccccc4c3c2)c2cc3c4ccccc4c(N(c4ccccc4)c4ccc5sc6ccccc6c5c4)cc3c3ccccc23)cc1. The molecule has 1 unspecified atom stereocenters. The molecule has 0 radical (unpaired) electrons. The van der Waals surface area contributed by atoms with E-state index in [1.807, 2.05) is 22.7 Å². The van der Waals surface area contributed by atoms with Crippen molar-refractivity contribution >= 4 is 112 Å². The molecule has 0 aliphatic heterocycles. The van der Waals surface area contributed by atoms with Crippen molar-refractivity contribution in [1.82, 2.24) is 0 Å². The number of thiophene rings is 2. The lowest BCUT2D eigenvalue weighted by Gasteiger charge is -2.28. The molecule has 0 saturated heterocycles. The highest BCUT2D eigenvalue weighted by atomic mass is 32.1. The minimum Gasteiger partial charge on any atom is -0.310 e. The lowest BCUT2D eigenvalue weighted by molar-refractivity contribution is 0.995. The molecule has 0 bridgehead atoms. The van der Waals surface area contributed by atoms with E-state index in [2.05, 4.69) is 211 Å². The molecule has 10 aromatic carbocycles. The van der Waals surface area contributed by atoms with Crippen LogP contribution in [0.5, 0.6) is 0 Å². The summed E-state index contributed by atoms with van der Waals surface area (Å²) in [5, 5.41) is 12.8. The van der Waals surface area contributed by atoms with E-state index in [0.717, 1.165) is 11.4 Å². The first-order chi connectivity index (χ1) is 28.8. The standard InChI is InChI=1S/C55H35NS2/c1-3-15-35(16-4-1)55(36-27-29-53-47(31-36)43-23-11-13-25-51(43)57-53)49-33-45-41-21-9-10-22-42(41)50(34-46(45)39-19-7-8-20-40(39)49)56(37-17-5-2-6-18-37)38-28-30-54-48(32-38)44-24-12-14-26-52(44)58-54/h1-34,55H. The van der Waals surface area contributed by atoms with Gasteiger partial charge in [0.1, 0.15) is 0 Å². The zero-order valence-electron chi connectivity index (χ0n) is 31.5. The summed E-state index contributed by atoms with van der Waals surface area (Å²) in [6.45, 7) is 0. The van der Waals surface area contributed by atoms with Crippen LogP contribution in [0.4, 0.5) is 17.1 Å². The van der Waals surface area contributed by atoms with Crippen molar-refractivity contribution in [1.29, 1.82) is 0 Å². The number of rotatable bonds is 6. The Kier molecular flexibility index (Phi) is 7.72. The Balaban J connectivity index is 1.14. The third-order valence-electron chi connectivity index (χ3n) is 11.9. The fourth-order valence-corrected chi connectivity index (χ4v) is 11.5. The van der Waals surface area contributed by atoms with Crippen LogP contribution in [0, 0.1) is 0 Å². The maximum atomic E-state index is 2.51. The highest BCUT2D eigenvalue weighted by molar-refractivity contribution is 7.26. The number of anilines is 3. The summed E-state index contributed by atoms with van der Waals surface area (Å²) in [6, 6.07) is 76.7. The van der Waals surface area contributed by atoms with Gasteiger partial charge >= 0.3 is 0 Å². The molecule has 1 nitrogen and oxygen atoms in total. The van der Waals surface area contributed by atoms with E-state index in [1.165, 1.54) is 95.0 Å². The van der Waals surface area contributed by atoms with Crippen LogP contribution in [-0.2, 0) is 0 Å². The molecule has 272 valence electrons. The lowest BCUT2D eigenvalue weighted by Crippen LogP contribution is -2.10. The molecule has 2 heterocycles. The summed E-state index contributed by atoms with van der Waals surface area (Å²) < 4.78 is 5.28. The quantitative estimate of drug-likeness (QED) is 0.120. The average molecular weight is 774 g/mol. The molecule has 58 heavy (non-hydrogen) atoms. The molecule has 12 aromatic rings. The Labute approximate surface area is 344 Å². The molecular formula is C55H35NS2. The molecule has 3 heteroatoms. The van der Waals surface area contributed by atoms with Gasteiger partial charge in [0.2, 0.25) is 0 Å². The van der Waals surface area contributed by atoms with E-state index in [-0.39, 0.29) is 5.92 Å². The first-order valence-electron chi connectivity index (χ1n) is 19.9. The van der Waals surface area contributed by atoms with Gasteiger partial charge in [-0.25, -0.2) is 0 Å². The second kappa shape index (κ2) is 13.4. The summed E-state index contributed by atoms with van der Waals surface area (Å²) in [6.07, 6.45) is 0. The maximum absolute atomic E-state index is 2.51. The van der Waals surface area contributed by atoms with E-state index in [4.69, 9.17) is 0 Å². The smallest absolute Gasteiger partial charge is 0.0546 e. The van der Waals surface area contributed by atoms with Crippen LogP contribution in [0.25, 0.3) is 72.7 Å². The summed E-state index contributed by atoms with van der Waals surface area (Å²) in [5.41, 5.74) is 7.36. The van der Waals surface area contributed by atoms with Gasteiger partial charge in [0.25, 0.3) is 0 Å². The Morgan fingerprint density at radius 3 is 1.48 bits per heavy atom. The highest BCUT2D eigenvalue weighted by Gasteiger charge is 2.24. The number of hydrogen-bond acceptors (Lipinski definition) is 3. The normalized spacial score (nSPS) is 12.4. The topological polar surface area (TPSA) is 3.24 Å². The minimum absolute atomic E-state index is 0.0324. The van der Waals surface area contributed by atoms with Crippen molar-refractivity contribution in [2.45, 2.75) is 5.92 Å². The fourth-order valence-electron chi connectivity index (χ4n) is 9.36. The van der Waals surface area contributed by atoms with Crippen LogP contribution in [0.15, 0.2) is 206 Å². The molecule has 2 aromatic heterocycles. The zero-order chi connectivity index (χ0) is 38.2. The van der Waals surface area contributed by atoms with Crippen molar-refractivity contribution in [3.05, 3.63) is 223 Å². The van der Waals surface area contributed by atoms with Crippen molar-refractivity contribution in [3.63, 3.8) is 0 Å². The average Bonchev–Trinajstić information content (AvgIpc) is 3.85. The molecule has 0 amide bonds. The van der Waals surface area contributed by atoms with E-state index in [9.17, 15) is 0 Å². The van der Waals surface area contributed by atoms with Crippen molar-refractivity contribution < 1.29 is 0 Å². The molecule has 0 aliphatic rings. The van der Waals surface area contributed by atoms with Crippen LogP contribution in [0.2, 0.25) is 0 Å². The van der Waals surface area contributed by atoms with Gasteiger partial charge in [-0.05, 0) is 110 Å². The summed E-state index contributed by atoms with van der Waals surface area (Å²) in [4.78, 5) is 2.46. The van der Waals surface area contributed by atoms with Gasteiger partial charge in [0.15, 0.2) is 0 Å². The van der Waals surface area contributed by atoms with E-state index < -0.39 is 0 Å².